The van der Waals surface area contributed by atoms with E-state index in [0.29, 0.717) is 18.3 Å². The number of hydrogen-bond acceptors (Lipinski definition) is 3. The number of aromatic nitrogens is 2. The van der Waals surface area contributed by atoms with Gasteiger partial charge in [0.2, 0.25) is 0 Å². The predicted octanol–water partition coefficient (Wildman–Crippen LogP) is 2.63. The first-order chi connectivity index (χ1) is 8.65. The fourth-order valence-corrected chi connectivity index (χ4v) is 1.64. The maximum absolute atomic E-state index is 5.59. The fourth-order valence-electron chi connectivity index (χ4n) is 1.64. The number of anilines is 1. The monoisotopic (exact) mass is 245 g/mol. The van der Waals surface area contributed by atoms with Gasteiger partial charge in [-0.2, -0.15) is 5.10 Å². The van der Waals surface area contributed by atoms with Crippen LogP contribution in [0, 0.1) is 5.92 Å². The SMILES string of the molecule is CC(C)COCc1ccc(-n2ccc(N)n2)cc1. The molecule has 2 rings (SSSR count). The van der Waals surface area contributed by atoms with Gasteiger partial charge in [-0.1, -0.05) is 26.0 Å². The molecular formula is C14H19N3O. The average molecular weight is 245 g/mol. The van der Waals surface area contributed by atoms with Crippen LogP contribution in [0.3, 0.4) is 0 Å². The summed E-state index contributed by atoms with van der Waals surface area (Å²) in [5.74, 6) is 1.09. The molecule has 0 unspecified atom stereocenters. The van der Waals surface area contributed by atoms with Crippen molar-refractivity contribution in [2.45, 2.75) is 20.5 Å². The van der Waals surface area contributed by atoms with Crippen LogP contribution in [0.2, 0.25) is 0 Å². The highest BCUT2D eigenvalue weighted by Gasteiger charge is 2.00. The predicted molar refractivity (Wildman–Crippen MR) is 72.5 cm³/mol. The first kappa shape index (κ1) is 12.6. The molecule has 2 N–H and O–H groups in total. The summed E-state index contributed by atoms with van der Waals surface area (Å²) in [6.07, 6.45) is 1.85. The van der Waals surface area contributed by atoms with Crippen molar-refractivity contribution >= 4 is 5.82 Å². The van der Waals surface area contributed by atoms with Crippen LogP contribution in [-0.4, -0.2) is 16.4 Å². The number of nitrogens with two attached hydrogens (primary N) is 1. The molecule has 0 amide bonds. The average Bonchev–Trinajstić information content (AvgIpc) is 2.76. The lowest BCUT2D eigenvalue weighted by molar-refractivity contribution is 0.0971. The molecule has 0 bridgehead atoms. The molecule has 4 nitrogen and oxygen atoms in total. The quantitative estimate of drug-likeness (QED) is 0.881. The number of rotatable bonds is 5. The maximum atomic E-state index is 5.59. The molecule has 0 aliphatic carbocycles. The summed E-state index contributed by atoms with van der Waals surface area (Å²) in [6.45, 7) is 5.73. The van der Waals surface area contributed by atoms with E-state index >= 15 is 0 Å². The minimum Gasteiger partial charge on any atom is -0.382 e. The molecule has 0 saturated carbocycles. The number of nitrogens with zero attached hydrogens (tertiary/aromatic N) is 2. The van der Waals surface area contributed by atoms with Crippen LogP contribution >= 0.6 is 0 Å². The molecule has 96 valence electrons. The molecule has 0 aliphatic heterocycles. The van der Waals surface area contributed by atoms with E-state index in [1.54, 1.807) is 10.7 Å². The van der Waals surface area contributed by atoms with E-state index < -0.39 is 0 Å². The zero-order valence-electron chi connectivity index (χ0n) is 10.8. The van der Waals surface area contributed by atoms with Crippen molar-refractivity contribution in [1.29, 1.82) is 0 Å². The second-order valence-electron chi connectivity index (χ2n) is 4.76. The lowest BCUT2D eigenvalue weighted by Crippen LogP contribution is -2.02. The number of ether oxygens (including phenoxy) is 1. The van der Waals surface area contributed by atoms with Crippen molar-refractivity contribution in [2.75, 3.05) is 12.3 Å². The summed E-state index contributed by atoms with van der Waals surface area (Å²) in [4.78, 5) is 0. The van der Waals surface area contributed by atoms with Crippen LogP contribution in [-0.2, 0) is 11.3 Å². The van der Waals surface area contributed by atoms with Crippen LogP contribution in [0.25, 0.3) is 5.69 Å². The topological polar surface area (TPSA) is 53.1 Å². The first-order valence-electron chi connectivity index (χ1n) is 6.13. The summed E-state index contributed by atoms with van der Waals surface area (Å²) >= 11 is 0. The van der Waals surface area contributed by atoms with Gasteiger partial charge in [0, 0.05) is 18.9 Å². The van der Waals surface area contributed by atoms with Crippen molar-refractivity contribution in [3.05, 3.63) is 42.1 Å². The third-order valence-corrected chi connectivity index (χ3v) is 2.53. The highest BCUT2D eigenvalue weighted by molar-refractivity contribution is 5.36. The van der Waals surface area contributed by atoms with Crippen molar-refractivity contribution in [3.8, 4) is 5.69 Å². The van der Waals surface area contributed by atoms with Crippen LogP contribution in [0.15, 0.2) is 36.5 Å². The molecule has 1 heterocycles. The molecule has 0 radical (unpaired) electrons. The van der Waals surface area contributed by atoms with Gasteiger partial charge in [0.05, 0.1) is 12.3 Å². The number of nitrogen functional groups attached to an aromatic ring is 1. The molecule has 1 aromatic heterocycles. The van der Waals surface area contributed by atoms with E-state index in [2.05, 4.69) is 18.9 Å². The summed E-state index contributed by atoms with van der Waals surface area (Å²) in [5.41, 5.74) is 7.75. The van der Waals surface area contributed by atoms with Gasteiger partial charge >= 0.3 is 0 Å². The maximum Gasteiger partial charge on any atom is 0.145 e. The molecule has 0 fully saturated rings. The first-order valence-corrected chi connectivity index (χ1v) is 6.13. The normalized spacial score (nSPS) is 11.1. The van der Waals surface area contributed by atoms with Gasteiger partial charge in [-0.3, -0.25) is 0 Å². The standard InChI is InChI=1S/C14H19N3O/c1-11(2)9-18-10-12-3-5-13(6-4-12)17-8-7-14(15)16-17/h3-8,11H,9-10H2,1-2H3,(H2,15,16). The van der Waals surface area contributed by atoms with Gasteiger partial charge < -0.3 is 10.5 Å². The van der Waals surface area contributed by atoms with E-state index in [9.17, 15) is 0 Å². The smallest absolute Gasteiger partial charge is 0.145 e. The molecular weight excluding hydrogens is 226 g/mol. The van der Waals surface area contributed by atoms with Crippen LogP contribution in [0.5, 0.6) is 0 Å². The van der Waals surface area contributed by atoms with Crippen LogP contribution in [0.1, 0.15) is 19.4 Å². The van der Waals surface area contributed by atoms with Gasteiger partial charge in [0.1, 0.15) is 5.82 Å². The summed E-state index contributed by atoms with van der Waals surface area (Å²) in [5, 5.41) is 4.16. The highest BCUT2D eigenvalue weighted by atomic mass is 16.5. The van der Waals surface area contributed by atoms with Crippen molar-refractivity contribution < 1.29 is 4.74 Å². The van der Waals surface area contributed by atoms with Crippen LogP contribution in [0.4, 0.5) is 5.82 Å². The molecule has 2 aromatic rings. The van der Waals surface area contributed by atoms with E-state index in [1.165, 1.54) is 5.56 Å². The summed E-state index contributed by atoms with van der Waals surface area (Å²) in [6, 6.07) is 9.90. The Bertz CT molecular complexity index is 488. The van der Waals surface area contributed by atoms with E-state index in [4.69, 9.17) is 10.5 Å². The Labute approximate surface area is 107 Å². The second kappa shape index (κ2) is 5.69. The van der Waals surface area contributed by atoms with Gasteiger partial charge in [-0.25, -0.2) is 4.68 Å². The molecule has 4 heteroatoms. The largest absolute Gasteiger partial charge is 0.382 e. The molecule has 0 aliphatic rings. The third kappa shape index (κ3) is 3.34. The fraction of sp³-hybridized carbons (Fsp3) is 0.357. The third-order valence-electron chi connectivity index (χ3n) is 2.53. The highest BCUT2D eigenvalue weighted by Crippen LogP contribution is 2.11. The molecule has 0 spiro atoms. The Morgan fingerprint density at radius 3 is 2.50 bits per heavy atom. The van der Waals surface area contributed by atoms with Crippen molar-refractivity contribution in [2.24, 2.45) is 5.92 Å². The molecule has 18 heavy (non-hydrogen) atoms. The second-order valence-corrected chi connectivity index (χ2v) is 4.76. The van der Waals surface area contributed by atoms with Crippen LogP contribution < -0.4 is 5.73 Å². The van der Waals surface area contributed by atoms with Gasteiger partial charge in [0.25, 0.3) is 0 Å². The Hall–Kier alpha value is -1.81. The van der Waals surface area contributed by atoms with Crippen molar-refractivity contribution in [1.82, 2.24) is 9.78 Å². The zero-order chi connectivity index (χ0) is 13.0. The summed E-state index contributed by atoms with van der Waals surface area (Å²) in [7, 11) is 0. The van der Waals surface area contributed by atoms with E-state index in [-0.39, 0.29) is 0 Å². The Balaban J connectivity index is 1.97. The number of benzene rings is 1. The van der Waals surface area contributed by atoms with Gasteiger partial charge in [-0.15, -0.1) is 0 Å². The van der Waals surface area contributed by atoms with E-state index in [1.807, 2.05) is 30.5 Å². The lowest BCUT2D eigenvalue weighted by Gasteiger charge is -2.07. The summed E-state index contributed by atoms with van der Waals surface area (Å²) < 4.78 is 7.35. The Morgan fingerprint density at radius 1 is 1.22 bits per heavy atom. The number of hydrogen-bond donors (Lipinski definition) is 1. The Morgan fingerprint density at radius 2 is 1.94 bits per heavy atom. The minimum atomic E-state index is 0.527. The molecule has 0 atom stereocenters. The van der Waals surface area contributed by atoms with Crippen molar-refractivity contribution in [3.63, 3.8) is 0 Å². The minimum absolute atomic E-state index is 0.527. The van der Waals surface area contributed by atoms with E-state index in [0.717, 1.165) is 12.3 Å². The molecule has 0 saturated heterocycles. The van der Waals surface area contributed by atoms with Gasteiger partial charge in [0.15, 0.2) is 0 Å². The molecule has 1 aromatic carbocycles. The lowest BCUT2D eigenvalue weighted by atomic mass is 10.2. The Kier molecular flexibility index (Phi) is 3.99. The zero-order valence-corrected chi connectivity index (χ0v) is 10.8. The van der Waals surface area contributed by atoms with Gasteiger partial charge in [-0.05, 0) is 23.6 Å².